The summed E-state index contributed by atoms with van der Waals surface area (Å²) in [5.74, 6) is 0.159. The van der Waals surface area contributed by atoms with Gasteiger partial charge in [0.2, 0.25) is 5.91 Å². The molecule has 4 rings (SSSR count). The molecule has 0 atom stereocenters. The molecule has 1 aliphatic rings. The highest BCUT2D eigenvalue weighted by Gasteiger charge is 2.20. The Morgan fingerprint density at radius 2 is 2.00 bits per heavy atom. The maximum Gasteiger partial charge on any atom is 0.267 e. The maximum absolute atomic E-state index is 12.7. The number of phenols is 1. The van der Waals surface area contributed by atoms with Gasteiger partial charge in [-0.1, -0.05) is 29.0 Å². The molecule has 3 N–H and O–H groups in total. The van der Waals surface area contributed by atoms with Crippen molar-refractivity contribution in [2.24, 2.45) is 0 Å². The van der Waals surface area contributed by atoms with Crippen molar-refractivity contribution in [1.29, 1.82) is 0 Å². The highest BCUT2D eigenvalue weighted by Crippen LogP contribution is 2.30. The fourth-order valence-electron chi connectivity index (χ4n) is 3.51. The predicted molar refractivity (Wildman–Crippen MR) is 124 cm³/mol. The Kier molecular flexibility index (Phi) is 6.33. The lowest BCUT2D eigenvalue weighted by molar-refractivity contribution is -0.130. The summed E-state index contributed by atoms with van der Waals surface area (Å²) in [5.41, 5.74) is 2.02. The van der Waals surface area contributed by atoms with Gasteiger partial charge < -0.3 is 20.6 Å². The SMILES string of the molecule is Cc1ccc(O)c(C)c1NC(=O)c1cnc(Nc2nn(CC(=O)N3CCCC3)cc2Cl)s1. The van der Waals surface area contributed by atoms with Crippen LogP contribution in [0.25, 0.3) is 0 Å². The Hall–Kier alpha value is -3.11. The molecule has 1 fully saturated rings. The van der Waals surface area contributed by atoms with Gasteiger partial charge in [0.25, 0.3) is 5.91 Å². The third-order valence-corrected chi connectivity index (χ3v) is 6.50. The molecule has 9 nitrogen and oxygen atoms in total. The summed E-state index contributed by atoms with van der Waals surface area (Å²) in [7, 11) is 0. The van der Waals surface area contributed by atoms with Crippen molar-refractivity contribution >= 4 is 51.4 Å². The van der Waals surface area contributed by atoms with Gasteiger partial charge in [0.1, 0.15) is 22.2 Å². The van der Waals surface area contributed by atoms with Crippen LogP contribution in [-0.4, -0.2) is 49.7 Å². The molecule has 32 heavy (non-hydrogen) atoms. The first-order valence-electron chi connectivity index (χ1n) is 10.2. The zero-order chi connectivity index (χ0) is 22.8. The summed E-state index contributed by atoms with van der Waals surface area (Å²) in [4.78, 5) is 31.4. The van der Waals surface area contributed by atoms with Gasteiger partial charge in [-0.05, 0) is 38.3 Å². The Labute approximate surface area is 194 Å². The van der Waals surface area contributed by atoms with E-state index in [1.807, 2.05) is 11.8 Å². The van der Waals surface area contributed by atoms with Crippen LogP contribution < -0.4 is 10.6 Å². The van der Waals surface area contributed by atoms with E-state index in [0.29, 0.717) is 32.1 Å². The van der Waals surface area contributed by atoms with Gasteiger partial charge in [-0.25, -0.2) is 4.98 Å². The number of hydrogen-bond acceptors (Lipinski definition) is 7. The van der Waals surface area contributed by atoms with Crippen molar-refractivity contribution in [2.45, 2.75) is 33.2 Å². The lowest BCUT2D eigenvalue weighted by atomic mass is 10.1. The van der Waals surface area contributed by atoms with Crippen LogP contribution in [0, 0.1) is 13.8 Å². The minimum atomic E-state index is -0.333. The number of nitrogens with one attached hydrogen (secondary N) is 2. The molecule has 1 aliphatic heterocycles. The molecular formula is C21H23ClN6O3S. The zero-order valence-electron chi connectivity index (χ0n) is 17.7. The Morgan fingerprint density at radius 3 is 2.75 bits per heavy atom. The number of thiazole rings is 1. The molecular weight excluding hydrogens is 452 g/mol. The van der Waals surface area contributed by atoms with E-state index in [-0.39, 0.29) is 24.1 Å². The van der Waals surface area contributed by atoms with E-state index in [1.54, 1.807) is 25.3 Å². The normalized spacial score (nSPS) is 13.4. The molecule has 0 radical (unpaired) electrons. The van der Waals surface area contributed by atoms with Crippen LogP contribution in [0.4, 0.5) is 16.6 Å². The van der Waals surface area contributed by atoms with Crippen LogP contribution in [0.2, 0.25) is 5.02 Å². The summed E-state index contributed by atoms with van der Waals surface area (Å²) in [6, 6.07) is 3.33. The highest BCUT2D eigenvalue weighted by molar-refractivity contribution is 7.17. The molecule has 0 bridgehead atoms. The average Bonchev–Trinajstić information content (AvgIpc) is 3.51. The summed E-state index contributed by atoms with van der Waals surface area (Å²) in [6.07, 6.45) is 5.11. The molecule has 2 aromatic heterocycles. The van der Waals surface area contributed by atoms with Gasteiger partial charge in [-0.15, -0.1) is 0 Å². The first-order valence-corrected chi connectivity index (χ1v) is 11.4. The third kappa shape index (κ3) is 4.71. The number of rotatable bonds is 6. The zero-order valence-corrected chi connectivity index (χ0v) is 19.3. The molecule has 11 heteroatoms. The fraction of sp³-hybridized carbons (Fsp3) is 0.333. The number of halogens is 1. The third-order valence-electron chi connectivity index (χ3n) is 5.31. The number of likely N-dealkylation sites (tertiary alicyclic amines) is 1. The number of amides is 2. The number of hydrogen-bond donors (Lipinski definition) is 3. The monoisotopic (exact) mass is 474 g/mol. The van der Waals surface area contributed by atoms with Gasteiger partial charge in [-0.3, -0.25) is 14.3 Å². The second-order valence-electron chi connectivity index (χ2n) is 7.62. The van der Waals surface area contributed by atoms with E-state index in [2.05, 4.69) is 20.7 Å². The second kappa shape index (κ2) is 9.17. The van der Waals surface area contributed by atoms with Crippen LogP contribution in [0.15, 0.2) is 24.5 Å². The van der Waals surface area contributed by atoms with Crippen molar-refractivity contribution in [3.05, 3.63) is 45.6 Å². The second-order valence-corrected chi connectivity index (χ2v) is 9.06. The number of anilines is 3. The van der Waals surface area contributed by atoms with Gasteiger partial charge in [0.15, 0.2) is 10.9 Å². The van der Waals surface area contributed by atoms with E-state index in [0.717, 1.165) is 42.8 Å². The quantitative estimate of drug-likeness (QED) is 0.499. The Bertz CT molecular complexity index is 1170. The molecule has 1 aromatic carbocycles. The Morgan fingerprint density at radius 1 is 1.25 bits per heavy atom. The number of aromatic nitrogens is 3. The number of carbonyl (C=O) groups excluding carboxylic acids is 2. The van der Waals surface area contributed by atoms with Gasteiger partial charge in [0.05, 0.1) is 11.9 Å². The van der Waals surface area contributed by atoms with Crippen LogP contribution in [-0.2, 0) is 11.3 Å². The van der Waals surface area contributed by atoms with E-state index >= 15 is 0 Å². The summed E-state index contributed by atoms with van der Waals surface area (Å²) in [5, 5.41) is 20.9. The van der Waals surface area contributed by atoms with E-state index < -0.39 is 0 Å². The minimum Gasteiger partial charge on any atom is -0.508 e. The predicted octanol–water partition coefficient (Wildman–Crippen LogP) is 3.93. The van der Waals surface area contributed by atoms with Crippen molar-refractivity contribution in [3.8, 4) is 5.75 Å². The number of carbonyl (C=O) groups is 2. The number of phenolic OH excluding ortho intramolecular Hbond substituents is 1. The smallest absolute Gasteiger partial charge is 0.267 e. The van der Waals surface area contributed by atoms with Crippen molar-refractivity contribution < 1.29 is 14.7 Å². The van der Waals surface area contributed by atoms with Crippen LogP contribution in [0.5, 0.6) is 5.75 Å². The molecule has 3 heterocycles. The largest absolute Gasteiger partial charge is 0.508 e. The number of nitrogens with zero attached hydrogens (tertiary/aromatic N) is 4. The summed E-state index contributed by atoms with van der Waals surface area (Å²) in [6.45, 7) is 5.28. The lowest BCUT2D eigenvalue weighted by Crippen LogP contribution is -2.31. The van der Waals surface area contributed by atoms with Gasteiger partial charge in [-0.2, -0.15) is 5.10 Å². The minimum absolute atomic E-state index is 0.0129. The number of aromatic hydroxyl groups is 1. The average molecular weight is 475 g/mol. The Balaban J connectivity index is 1.42. The topological polar surface area (TPSA) is 112 Å². The molecule has 0 spiro atoms. The molecule has 2 amide bonds. The van der Waals surface area contributed by atoms with Crippen LogP contribution in [0.1, 0.15) is 33.6 Å². The molecule has 0 unspecified atom stereocenters. The first kappa shape index (κ1) is 22.1. The summed E-state index contributed by atoms with van der Waals surface area (Å²) < 4.78 is 1.50. The number of aryl methyl sites for hydroxylation is 1. The maximum atomic E-state index is 12.7. The lowest BCUT2D eigenvalue weighted by Gasteiger charge is -2.14. The highest BCUT2D eigenvalue weighted by atomic mass is 35.5. The van der Waals surface area contributed by atoms with E-state index in [1.165, 1.54) is 10.9 Å². The van der Waals surface area contributed by atoms with Crippen molar-refractivity contribution in [2.75, 3.05) is 23.7 Å². The van der Waals surface area contributed by atoms with Crippen LogP contribution in [0.3, 0.4) is 0 Å². The molecule has 0 saturated carbocycles. The van der Waals surface area contributed by atoms with Crippen molar-refractivity contribution in [1.82, 2.24) is 19.7 Å². The van der Waals surface area contributed by atoms with Gasteiger partial charge >= 0.3 is 0 Å². The van der Waals surface area contributed by atoms with Gasteiger partial charge in [0, 0.05) is 24.8 Å². The summed E-state index contributed by atoms with van der Waals surface area (Å²) >= 11 is 7.41. The molecule has 0 aliphatic carbocycles. The standard InChI is InChI=1S/C21H23ClN6O3S/c1-12-5-6-15(29)13(2)18(12)24-20(31)16-9-23-21(32-16)25-19-14(22)10-28(26-19)11-17(30)27-7-3-4-8-27/h5-6,9-10,29H,3-4,7-8,11H2,1-2H3,(H,24,31)(H,23,25,26). The molecule has 168 valence electrons. The first-order chi connectivity index (χ1) is 15.3. The van der Waals surface area contributed by atoms with Crippen LogP contribution >= 0.6 is 22.9 Å². The van der Waals surface area contributed by atoms with Crippen molar-refractivity contribution in [3.63, 3.8) is 0 Å². The van der Waals surface area contributed by atoms with E-state index in [9.17, 15) is 14.7 Å². The fourth-order valence-corrected chi connectivity index (χ4v) is 4.42. The van der Waals surface area contributed by atoms with E-state index in [4.69, 9.17) is 11.6 Å². The molecule has 1 saturated heterocycles. The molecule has 3 aromatic rings. The number of benzene rings is 1.